The zero-order chi connectivity index (χ0) is 32.6. The number of carbonyl (C=O) groups is 2. The summed E-state index contributed by atoms with van der Waals surface area (Å²) < 4.78 is 22.1. The topological polar surface area (TPSA) is 126 Å². The van der Waals surface area contributed by atoms with Crippen LogP contribution in [0.15, 0.2) is 70.1 Å². The summed E-state index contributed by atoms with van der Waals surface area (Å²) in [5, 5.41) is 15.7. The zero-order valence-corrected chi connectivity index (χ0v) is 26.2. The minimum atomic E-state index is -0.810. The van der Waals surface area contributed by atoms with Crippen molar-refractivity contribution in [3.63, 3.8) is 0 Å². The number of amides is 1. The maximum atomic E-state index is 15.4. The van der Waals surface area contributed by atoms with E-state index in [1.165, 1.54) is 44.6 Å². The number of aromatic nitrogens is 2. The largest absolute Gasteiger partial charge is 0.481 e. The molecule has 0 radical (unpaired) electrons. The third kappa shape index (κ3) is 6.15. The second kappa shape index (κ2) is 13.0. The van der Waals surface area contributed by atoms with Gasteiger partial charge in [-0.1, -0.05) is 47.5 Å². The van der Waals surface area contributed by atoms with Crippen LogP contribution in [0.5, 0.6) is 0 Å². The van der Waals surface area contributed by atoms with Crippen molar-refractivity contribution in [3.8, 4) is 11.1 Å². The number of ether oxygens (including phenoxy) is 1. The molecule has 1 aliphatic heterocycles. The van der Waals surface area contributed by atoms with E-state index in [1.807, 2.05) is 6.92 Å². The van der Waals surface area contributed by atoms with Gasteiger partial charge in [0.05, 0.1) is 34.5 Å². The van der Waals surface area contributed by atoms with Crippen LogP contribution in [0.1, 0.15) is 35.7 Å². The van der Waals surface area contributed by atoms with E-state index in [9.17, 15) is 19.5 Å². The quantitative estimate of drug-likeness (QED) is 0.237. The molecule has 1 fully saturated rings. The molecular formula is C32H30Cl2FN5O5. The number of carboxylic acid groups (broad SMARTS) is 1. The van der Waals surface area contributed by atoms with Gasteiger partial charge in [0, 0.05) is 54.6 Å². The summed E-state index contributed by atoms with van der Waals surface area (Å²) in [6.07, 6.45) is 2.94. The van der Waals surface area contributed by atoms with Gasteiger partial charge in [0.1, 0.15) is 11.4 Å². The number of methoxy groups -OCH3 is 1. The fourth-order valence-corrected chi connectivity index (χ4v) is 6.27. The third-order valence-corrected chi connectivity index (χ3v) is 8.91. The van der Waals surface area contributed by atoms with E-state index in [1.54, 1.807) is 12.1 Å². The number of carboxylic acids is 1. The normalized spacial score (nSPS) is 17.3. The Morgan fingerprint density at radius 1 is 1.16 bits per heavy atom. The standard InChI is InChI=1S/C32H30Cl2FN5O5/c1-16-8-11-24(40-14-18(15-40)32(43)44)25(16)30(45-4)37-17(2)19-9-10-22(35)26(28(19)34)20-6-5-7-23(27(20)33)38-29(41)21-12-13-36-39(3)31(21)42/h5-7,9-10,12-13,18,24H,2,8,11,14-15H2,1,3-4H3,(H,38,41)(H,43,44)/b37-30+. The summed E-state index contributed by atoms with van der Waals surface area (Å²) in [5.41, 5.74) is 2.07. The molecule has 1 unspecified atom stereocenters. The SMILES string of the molecule is C=C(/N=C(/OC)C1=C(C)CCC1N1CC(C(=O)O)C1)c1ccc(F)c(-c2cccc(NC(=O)c3ccnn(C)c3=O)c2Cl)c1Cl. The lowest BCUT2D eigenvalue weighted by molar-refractivity contribution is -0.148. The Kier molecular flexibility index (Phi) is 9.24. The molecule has 45 heavy (non-hydrogen) atoms. The Bertz CT molecular complexity index is 1850. The molecule has 13 heteroatoms. The predicted octanol–water partition coefficient (Wildman–Crippen LogP) is 5.66. The van der Waals surface area contributed by atoms with E-state index in [-0.39, 0.29) is 44.2 Å². The molecule has 1 aliphatic carbocycles. The number of likely N-dealkylation sites (tertiary alicyclic amines) is 1. The van der Waals surface area contributed by atoms with Gasteiger partial charge < -0.3 is 15.2 Å². The van der Waals surface area contributed by atoms with Gasteiger partial charge in [-0.25, -0.2) is 14.1 Å². The summed E-state index contributed by atoms with van der Waals surface area (Å²) >= 11 is 13.5. The molecule has 0 bridgehead atoms. The third-order valence-electron chi connectivity index (χ3n) is 8.11. The minimum Gasteiger partial charge on any atom is -0.481 e. The van der Waals surface area contributed by atoms with E-state index in [4.69, 9.17) is 27.9 Å². The highest BCUT2D eigenvalue weighted by atomic mass is 35.5. The number of hydrogen-bond donors (Lipinski definition) is 2. The van der Waals surface area contributed by atoms with E-state index in [2.05, 4.69) is 26.9 Å². The van der Waals surface area contributed by atoms with Crippen molar-refractivity contribution in [1.82, 2.24) is 14.7 Å². The number of nitrogens with one attached hydrogen (secondary N) is 1. The monoisotopic (exact) mass is 653 g/mol. The fourth-order valence-electron chi connectivity index (χ4n) is 5.64. The Hall–Kier alpha value is -4.32. The number of anilines is 1. The number of carbonyl (C=O) groups excluding carboxylic acids is 1. The molecule has 10 nitrogen and oxygen atoms in total. The fraction of sp³-hybridized carbons (Fsp3) is 0.281. The number of hydrogen-bond acceptors (Lipinski definition) is 7. The van der Waals surface area contributed by atoms with Gasteiger partial charge in [0.25, 0.3) is 11.5 Å². The van der Waals surface area contributed by atoms with Crippen LogP contribution in [0.2, 0.25) is 10.0 Å². The molecule has 2 N–H and O–H groups in total. The Balaban J connectivity index is 1.46. The van der Waals surface area contributed by atoms with Crippen LogP contribution < -0.4 is 10.9 Å². The van der Waals surface area contributed by atoms with Gasteiger partial charge in [-0.3, -0.25) is 19.3 Å². The van der Waals surface area contributed by atoms with Crippen molar-refractivity contribution >= 4 is 52.4 Å². The summed E-state index contributed by atoms with van der Waals surface area (Å²) in [7, 11) is 2.92. The summed E-state index contributed by atoms with van der Waals surface area (Å²) in [6, 6.07) is 8.57. The van der Waals surface area contributed by atoms with Crippen LogP contribution in [0.25, 0.3) is 16.8 Å². The molecule has 1 amide bonds. The average molecular weight is 655 g/mol. The number of halogens is 3. The second-order valence-electron chi connectivity index (χ2n) is 10.9. The van der Waals surface area contributed by atoms with E-state index >= 15 is 4.39 Å². The van der Waals surface area contributed by atoms with Gasteiger partial charge >= 0.3 is 5.97 Å². The first-order chi connectivity index (χ1) is 21.4. The van der Waals surface area contributed by atoms with Crippen molar-refractivity contribution in [2.75, 3.05) is 25.5 Å². The summed E-state index contributed by atoms with van der Waals surface area (Å²) in [6.45, 7) is 6.97. The van der Waals surface area contributed by atoms with Crippen LogP contribution in [0.3, 0.4) is 0 Å². The maximum Gasteiger partial charge on any atom is 0.309 e. The first-order valence-electron chi connectivity index (χ1n) is 14.0. The van der Waals surface area contributed by atoms with Crippen LogP contribution in [-0.2, 0) is 16.6 Å². The molecule has 2 aliphatic rings. The highest BCUT2D eigenvalue weighted by Crippen LogP contribution is 2.42. The van der Waals surface area contributed by atoms with Crippen molar-refractivity contribution in [1.29, 1.82) is 0 Å². The second-order valence-corrected chi connectivity index (χ2v) is 11.6. The van der Waals surface area contributed by atoms with Gasteiger partial charge in [-0.2, -0.15) is 5.10 Å². The first-order valence-corrected chi connectivity index (χ1v) is 14.8. The molecular weight excluding hydrogens is 624 g/mol. The van der Waals surface area contributed by atoms with Crippen LogP contribution in [-0.4, -0.2) is 63.8 Å². The lowest BCUT2D eigenvalue weighted by Crippen LogP contribution is -2.55. The van der Waals surface area contributed by atoms with Gasteiger partial charge in [0.2, 0.25) is 5.90 Å². The number of aliphatic imine (C=N–C) groups is 1. The summed E-state index contributed by atoms with van der Waals surface area (Å²) in [4.78, 5) is 43.4. The zero-order valence-electron chi connectivity index (χ0n) is 24.7. The van der Waals surface area contributed by atoms with Crippen molar-refractivity contribution < 1.29 is 23.8 Å². The number of aliphatic carboxylic acids is 1. The van der Waals surface area contributed by atoms with Crippen molar-refractivity contribution in [3.05, 3.63) is 97.7 Å². The van der Waals surface area contributed by atoms with Crippen LogP contribution in [0.4, 0.5) is 10.1 Å². The van der Waals surface area contributed by atoms with Gasteiger partial charge in [0.15, 0.2) is 0 Å². The molecule has 1 aromatic heterocycles. The Morgan fingerprint density at radius 3 is 2.58 bits per heavy atom. The summed E-state index contributed by atoms with van der Waals surface area (Å²) in [5.74, 6) is -2.26. The molecule has 2 heterocycles. The van der Waals surface area contributed by atoms with E-state index in [0.717, 1.165) is 28.7 Å². The average Bonchev–Trinajstić information content (AvgIpc) is 3.34. The molecule has 234 valence electrons. The highest BCUT2D eigenvalue weighted by Gasteiger charge is 2.41. The van der Waals surface area contributed by atoms with E-state index < -0.39 is 29.2 Å². The first kappa shape index (κ1) is 32.1. The highest BCUT2D eigenvalue weighted by molar-refractivity contribution is 6.39. The number of rotatable bonds is 8. The van der Waals surface area contributed by atoms with Crippen molar-refractivity contribution in [2.45, 2.75) is 25.8 Å². The number of benzene rings is 2. The molecule has 2 aromatic carbocycles. The van der Waals surface area contributed by atoms with Crippen LogP contribution in [0, 0.1) is 11.7 Å². The molecule has 3 aromatic rings. The lowest BCUT2D eigenvalue weighted by atomic mass is 9.94. The molecule has 5 rings (SSSR count). The number of allylic oxidation sites excluding steroid dienone is 1. The van der Waals surface area contributed by atoms with Gasteiger partial charge in [-0.05, 0) is 44.0 Å². The Labute approximate surface area is 268 Å². The smallest absolute Gasteiger partial charge is 0.309 e. The van der Waals surface area contributed by atoms with Crippen LogP contribution >= 0.6 is 23.2 Å². The molecule has 0 spiro atoms. The maximum absolute atomic E-state index is 15.4. The van der Waals surface area contributed by atoms with Gasteiger partial charge in [-0.15, -0.1) is 0 Å². The molecule has 1 saturated heterocycles. The van der Waals surface area contributed by atoms with Crippen molar-refractivity contribution in [2.24, 2.45) is 18.0 Å². The number of aryl methyl sites for hydroxylation is 1. The number of nitrogens with zero attached hydrogens (tertiary/aromatic N) is 4. The molecule has 0 saturated carbocycles. The predicted molar refractivity (Wildman–Crippen MR) is 171 cm³/mol. The molecule has 1 atom stereocenters. The van der Waals surface area contributed by atoms with E-state index in [0.29, 0.717) is 24.6 Å². The lowest BCUT2D eigenvalue weighted by Gasteiger charge is -2.42. The minimum absolute atomic E-state index is 0.00478. The Morgan fingerprint density at radius 2 is 1.89 bits per heavy atom.